The molecule has 4 N–H and O–H groups in total. The van der Waals surface area contributed by atoms with Gasteiger partial charge < -0.3 is 16.4 Å². The fourth-order valence-corrected chi connectivity index (χ4v) is 1.68. The van der Waals surface area contributed by atoms with Crippen LogP contribution in [0.25, 0.3) is 0 Å². The molecule has 1 atom stereocenters. The van der Waals surface area contributed by atoms with Gasteiger partial charge >= 0.3 is 0 Å². The van der Waals surface area contributed by atoms with Crippen LogP contribution in [0.4, 0.5) is 8.78 Å². The Balaban J connectivity index is 2.69. The number of benzene rings is 1. The molecule has 1 aromatic carbocycles. The maximum absolute atomic E-state index is 13.6. The predicted octanol–water partition coefficient (Wildman–Crippen LogP) is 0.607. The number of amides is 2. The van der Waals surface area contributed by atoms with E-state index in [2.05, 4.69) is 10.6 Å². The first-order chi connectivity index (χ1) is 9.47. The van der Waals surface area contributed by atoms with E-state index in [4.69, 9.17) is 5.73 Å². The first-order valence-electron chi connectivity index (χ1n) is 6.19. The van der Waals surface area contributed by atoms with E-state index in [1.54, 1.807) is 6.92 Å². The first-order valence-corrected chi connectivity index (χ1v) is 6.19. The first kappa shape index (κ1) is 16.0. The molecule has 110 valence electrons. The number of carbonyl (C=O) groups is 2. The Morgan fingerprint density at radius 1 is 1.30 bits per heavy atom. The van der Waals surface area contributed by atoms with Crippen LogP contribution < -0.4 is 16.4 Å². The van der Waals surface area contributed by atoms with E-state index >= 15 is 0 Å². The minimum absolute atomic E-state index is 0.0750. The number of hydrogen-bond acceptors (Lipinski definition) is 3. The topological polar surface area (TPSA) is 84.2 Å². The van der Waals surface area contributed by atoms with Gasteiger partial charge in [0.1, 0.15) is 11.6 Å². The average Bonchev–Trinajstić information content (AvgIpc) is 2.44. The summed E-state index contributed by atoms with van der Waals surface area (Å²) >= 11 is 0. The Morgan fingerprint density at radius 3 is 2.60 bits per heavy atom. The standard InChI is InChI=1S/C13H17F2N3O2/c1-2-11(9-5-8(14)3-4-10(9)15)18-13(20)7-17-12(19)6-16/h3-5,11H,2,6-7,16H2,1H3,(H,17,19)(H,18,20). The van der Waals surface area contributed by atoms with Crippen molar-refractivity contribution in [1.29, 1.82) is 0 Å². The Labute approximate surface area is 115 Å². The average molecular weight is 285 g/mol. The number of hydrogen-bond donors (Lipinski definition) is 3. The third-order valence-corrected chi connectivity index (χ3v) is 2.71. The molecule has 0 spiro atoms. The van der Waals surface area contributed by atoms with Crippen LogP contribution in [-0.4, -0.2) is 24.9 Å². The van der Waals surface area contributed by atoms with E-state index in [9.17, 15) is 18.4 Å². The molecule has 0 aromatic heterocycles. The zero-order valence-electron chi connectivity index (χ0n) is 11.1. The van der Waals surface area contributed by atoms with Gasteiger partial charge in [0.15, 0.2) is 0 Å². The summed E-state index contributed by atoms with van der Waals surface area (Å²) in [6.45, 7) is 1.25. The van der Waals surface area contributed by atoms with E-state index in [-0.39, 0.29) is 18.7 Å². The van der Waals surface area contributed by atoms with Gasteiger partial charge in [-0.2, -0.15) is 0 Å². The highest BCUT2D eigenvalue weighted by molar-refractivity contribution is 5.85. The van der Waals surface area contributed by atoms with Crippen LogP contribution in [0.3, 0.4) is 0 Å². The Kier molecular flexibility index (Phi) is 6.05. The second-order valence-corrected chi connectivity index (χ2v) is 4.18. The highest BCUT2D eigenvalue weighted by Crippen LogP contribution is 2.20. The molecule has 0 fully saturated rings. The molecule has 0 saturated heterocycles. The number of carbonyl (C=O) groups excluding carboxylic acids is 2. The van der Waals surface area contributed by atoms with E-state index < -0.39 is 29.5 Å². The molecule has 20 heavy (non-hydrogen) atoms. The summed E-state index contributed by atoms with van der Waals surface area (Å²) < 4.78 is 26.8. The van der Waals surface area contributed by atoms with Gasteiger partial charge in [-0.3, -0.25) is 9.59 Å². The zero-order valence-corrected chi connectivity index (χ0v) is 11.1. The van der Waals surface area contributed by atoms with Crippen molar-refractivity contribution in [2.24, 2.45) is 5.73 Å². The minimum Gasteiger partial charge on any atom is -0.348 e. The van der Waals surface area contributed by atoms with Crippen molar-refractivity contribution in [1.82, 2.24) is 10.6 Å². The molecular formula is C13H17F2N3O2. The summed E-state index contributed by atoms with van der Waals surface area (Å²) in [6, 6.07) is 2.40. The van der Waals surface area contributed by atoms with Crippen LogP contribution in [0, 0.1) is 11.6 Å². The van der Waals surface area contributed by atoms with Gasteiger partial charge in [0.05, 0.1) is 19.1 Å². The van der Waals surface area contributed by atoms with Crippen molar-refractivity contribution >= 4 is 11.8 Å². The van der Waals surface area contributed by atoms with Crippen LogP contribution in [-0.2, 0) is 9.59 Å². The predicted molar refractivity (Wildman–Crippen MR) is 69.6 cm³/mol. The van der Waals surface area contributed by atoms with Gasteiger partial charge in [-0.1, -0.05) is 6.92 Å². The Morgan fingerprint density at radius 2 is 2.00 bits per heavy atom. The van der Waals surface area contributed by atoms with Crippen LogP contribution in [0.2, 0.25) is 0 Å². The molecule has 2 amide bonds. The highest BCUT2D eigenvalue weighted by Gasteiger charge is 2.17. The maximum Gasteiger partial charge on any atom is 0.239 e. The van der Waals surface area contributed by atoms with E-state index in [1.165, 1.54) is 0 Å². The summed E-state index contributed by atoms with van der Waals surface area (Å²) in [7, 11) is 0. The number of rotatable bonds is 6. The molecule has 7 heteroatoms. The number of halogens is 2. The minimum atomic E-state index is -0.659. The van der Waals surface area contributed by atoms with Crippen molar-refractivity contribution in [3.63, 3.8) is 0 Å². The molecule has 0 aliphatic rings. The summed E-state index contributed by atoms with van der Waals surface area (Å²) in [4.78, 5) is 22.5. The largest absolute Gasteiger partial charge is 0.348 e. The van der Waals surface area contributed by atoms with Crippen molar-refractivity contribution in [2.75, 3.05) is 13.1 Å². The van der Waals surface area contributed by atoms with Gasteiger partial charge in [0, 0.05) is 5.56 Å². The molecule has 0 aliphatic carbocycles. The quantitative estimate of drug-likeness (QED) is 0.716. The van der Waals surface area contributed by atoms with E-state index in [1.807, 2.05) is 0 Å². The number of nitrogens with one attached hydrogen (secondary N) is 2. The molecule has 1 unspecified atom stereocenters. The Bertz CT molecular complexity index is 495. The third-order valence-electron chi connectivity index (χ3n) is 2.71. The lowest BCUT2D eigenvalue weighted by Crippen LogP contribution is -2.40. The normalized spacial score (nSPS) is 11.8. The van der Waals surface area contributed by atoms with Gasteiger partial charge in [-0.15, -0.1) is 0 Å². The fraction of sp³-hybridized carbons (Fsp3) is 0.385. The monoisotopic (exact) mass is 285 g/mol. The second-order valence-electron chi connectivity index (χ2n) is 4.18. The SMILES string of the molecule is CCC(NC(=O)CNC(=O)CN)c1cc(F)ccc1F. The van der Waals surface area contributed by atoms with Crippen LogP contribution in [0.15, 0.2) is 18.2 Å². The lowest BCUT2D eigenvalue weighted by atomic mass is 10.0. The molecular weight excluding hydrogens is 268 g/mol. The van der Waals surface area contributed by atoms with Gasteiger partial charge in [0.25, 0.3) is 0 Å². The fourth-order valence-electron chi connectivity index (χ4n) is 1.68. The van der Waals surface area contributed by atoms with Crippen molar-refractivity contribution in [3.8, 4) is 0 Å². The van der Waals surface area contributed by atoms with E-state index in [0.29, 0.717) is 6.42 Å². The van der Waals surface area contributed by atoms with Gasteiger partial charge in [0.2, 0.25) is 11.8 Å². The van der Waals surface area contributed by atoms with E-state index in [0.717, 1.165) is 18.2 Å². The second kappa shape index (κ2) is 7.54. The summed E-state index contributed by atoms with van der Waals surface area (Å²) in [5.74, 6) is -2.14. The van der Waals surface area contributed by atoms with Gasteiger partial charge in [-0.05, 0) is 24.6 Å². The van der Waals surface area contributed by atoms with Gasteiger partial charge in [-0.25, -0.2) is 8.78 Å². The number of nitrogens with two attached hydrogens (primary N) is 1. The molecule has 5 nitrogen and oxygen atoms in total. The summed E-state index contributed by atoms with van der Waals surface area (Å²) in [5, 5.41) is 4.82. The third kappa shape index (κ3) is 4.58. The van der Waals surface area contributed by atoms with Crippen molar-refractivity contribution in [2.45, 2.75) is 19.4 Å². The maximum atomic E-state index is 13.6. The van der Waals surface area contributed by atoms with Crippen molar-refractivity contribution in [3.05, 3.63) is 35.4 Å². The molecule has 0 radical (unpaired) electrons. The lowest BCUT2D eigenvalue weighted by Gasteiger charge is -2.18. The molecule has 0 bridgehead atoms. The van der Waals surface area contributed by atoms with Crippen molar-refractivity contribution < 1.29 is 18.4 Å². The molecule has 0 saturated carbocycles. The smallest absolute Gasteiger partial charge is 0.239 e. The molecule has 0 aliphatic heterocycles. The molecule has 1 rings (SSSR count). The lowest BCUT2D eigenvalue weighted by molar-refractivity contribution is -0.125. The van der Waals surface area contributed by atoms with Crippen LogP contribution in [0.1, 0.15) is 24.9 Å². The van der Waals surface area contributed by atoms with Crippen LogP contribution in [0.5, 0.6) is 0 Å². The molecule has 1 aromatic rings. The highest BCUT2D eigenvalue weighted by atomic mass is 19.1. The van der Waals surface area contributed by atoms with Crippen LogP contribution >= 0.6 is 0 Å². The summed E-state index contributed by atoms with van der Waals surface area (Å²) in [5.41, 5.74) is 5.15. The summed E-state index contributed by atoms with van der Waals surface area (Å²) in [6.07, 6.45) is 0.386. The Hall–Kier alpha value is -2.02. The molecule has 0 heterocycles. The zero-order chi connectivity index (χ0) is 15.1.